The summed E-state index contributed by atoms with van der Waals surface area (Å²) in [6.07, 6.45) is 0. The number of carbonyl (C=O) groups is 1. The van der Waals surface area contributed by atoms with Gasteiger partial charge in [0.1, 0.15) is 0 Å². The van der Waals surface area contributed by atoms with Crippen molar-refractivity contribution >= 4 is 27.5 Å². The van der Waals surface area contributed by atoms with Crippen molar-refractivity contribution in [3.63, 3.8) is 0 Å². The Morgan fingerprint density at radius 2 is 2.06 bits per heavy atom. The molecule has 0 saturated heterocycles. The van der Waals surface area contributed by atoms with Crippen molar-refractivity contribution in [2.75, 3.05) is 5.73 Å². The maximum absolute atomic E-state index is 11.2. The maximum Gasteiger partial charge on any atom is 0.248 e. The highest BCUT2D eigenvalue weighted by Crippen LogP contribution is 2.26. The fourth-order valence-electron chi connectivity index (χ4n) is 1.74. The van der Waals surface area contributed by atoms with E-state index >= 15 is 0 Å². The van der Waals surface area contributed by atoms with E-state index in [2.05, 4.69) is 21.0 Å². The first kappa shape index (κ1) is 12.6. The Morgan fingerprint density at radius 3 is 2.56 bits per heavy atom. The summed E-state index contributed by atoms with van der Waals surface area (Å²) in [5.74, 6) is -0.489. The van der Waals surface area contributed by atoms with E-state index < -0.39 is 5.91 Å². The largest absolute Gasteiger partial charge is 0.397 e. The molecule has 94 valence electrons. The van der Waals surface area contributed by atoms with Crippen molar-refractivity contribution < 1.29 is 4.79 Å². The number of carbonyl (C=O) groups excluding carboxylic acids is 1. The normalized spacial score (nSPS) is 10.6. The summed E-state index contributed by atoms with van der Waals surface area (Å²) in [4.78, 5) is 11.2. The van der Waals surface area contributed by atoms with Crippen molar-refractivity contribution in [2.45, 2.75) is 13.8 Å². The number of amides is 1. The molecule has 0 spiro atoms. The maximum atomic E-state index is 11.2. The van der Waals surface area contributed by atoms with E-state index in [0.29, 0.717) is 16.9 Å². The van der Waals surface area contributed by atoms with Gasteiger partial charge in [-0.15, -0.1) is 0 Å². The van der Waals surface area contributed by atoms with Crippen LogP contribution in [-0.2, 0) is 0 Å². The number of nitrogens with zero attached hydrogens (tertiary/aromatic N) is 2. The quantitative estimate of drug-likeness (QED) is 0.831. The lowest BCUT2D eigenvalue weighted by molar-refractivity contribution is 0.100. The first-order valence-electron chi connectivity index (χ1n) is 5.33. The Balaban J connectivity index is 2.66. The van der Waals surface area contributed by atoms with Crippen LogP contribution in [0.3, 0.4) is 0 Å². The van der Waals surface area contributed by atoms with Crippen LogP contribution in [0.15, 0.2) is 22.7 Å². The molecular formula is C12H13BrN4O. The topological polar surface area (TPSA) is 86.9 Å². The first-order chi connectivity index (χ1) is 8.41. The molecule has 1 amide bonds. The van der Waals surface area contributed by atoms with Crippen molar-refractivity contribution in [3.05, 3.63) is 39.6 Å². The number of hydrogen-bond donors (Lipinski definition) is 2. The number of hydrogen-bond acceptors (Lipinski definition) is 3. The average molecular weight is 309 g/mol. The van der Waals surface area contributed by atoms with Gasteiger partial charge >= 0.3 is 0 Å². The third-order valence-electron chi connectivity index (χ3n) is 2.75. The predicted molar refractivity (Wildman–Crippen MR) is 73.7 cm³/mol. The molecule has 0 radical (unpaired) electrons. The zero-order chi connectivity index (χ0) is 13.4. The number of halogens is 1. The molecule has 0 bridgehead atoms. The molecule has 5 nitrogen and oxygen atoms in total. The number of nitrogen functional groups attached to an aromatic ring is 1. The third kappa shape index (κ3) is 1.99. The zero-order valence-corrected chi connectivity index (χ0v) is 11.7. The molecule has 0 atom stereocenters. The Bertz CT molecular complexity index is 633. The van der Waals surface area contributed by atoms with Gasteiger partial charge in [-0.3, -0.25) is 4.79 Å². The zero-order valence-electron chi connectivity index (χ0n) is 10.1. The van der Waals surface area contributed by atoms with Crippen molar-refractivity contribution in [1.29, 1.82) is 0 Å². The minimum atomic E-state index is -0.489. The highest BCUT2D eigenvalue weighted by Gasteiger charge is 2.13. The summed E-state index contributed by atoms with van der Waals surface area (Å²) in [6.45, 7) is 3.81. The highest BCUT2D eigenvalue weighted by atomic mass is 79.9. The highest BCUT2D eigenvalue weighted by molar-refractivity contribution is 9.10. The molecule has 0 aliphatic rings. The van der Waals surface area contributed by atoms with Crippen LogP contribution in [0.2, 0.25) is 0 Å². The van der Waals surface area contributed by atoms with Gasteiger partial charge < -0.3 is 11.5 Å². The van der Waals surface area contributed by atoms with Crippen LogP contribution >= 0.6 is 15.9 Å². The first-order valence-corrected chi connectivity index (χ1v) is 6.12. The minimum Gasteiger partial charge on any atom is -0.397 e. The predicted octanol–water partition coefficient (Wildman–Crippen LogP) is 1.93. The Labute approximate surface area is 113 Å². The van der Waals surface area contributed by atoms with Gasteiger partial charge in [0.25, 0.3) is 0 Å². The van der Waals surface area contributed by atoms with E-state index in [0.717, 1.165) is 15.9 Å². The standard InChI is InChI=1S/C12H13BrN4O/c1-6-11(13)7(2)17(16-6)10-5-8(12(15)18)3-4-9(10)14/h3-5H,14H2,1-2H3,(H2,15,18). The molecule has 6 heteroatoms. The number of benzene rings is 1. The van der Waals surface area contributed by atoms with Crippen LogP contribution in [0.25, 0.3) is 5.69 Å². The van der Waals surface area contributed by atoms with E-state index in [1.165, 1.54) is 0 Å². The molecule has 4 N–H and O–H groups in total. The summed E-state index contributed by atoms with van der Waals surface area (Å²) in [5, 5.41) is 4.38. The van der Waals surface area contributed by atoms with Crippen molar-refractivity contribution in [1.82, 2.24) is 9.78 Å². The van der Waals surface area contributed by atoms with Gasteiger partial charge in [-0.25, -0.2) is 4.68 Å². The van der Waals surface area contributed by atoms with Crippen LogP contribution in [0.4, 0.5) is 5.69 Å². The van der Waals surface area contributed by atoms with Gasteiger partial charge in [-0.2, -0.15) is 5.10 Å². The van der Waals surface area contributed by atoms with Crippen molar-refractivity contribution in [3.8, 4) is 5.69 Å². The van der Waals surface area contributed by atoms with Gasteiger partial charge in [0.2, 0.25) is 5.91 Å². The van der Waals surface area contributed by atoms with E-state index in [-0.39, 0.29) is 0 Å². The lowest BCUT2D eigenvalue weighted by atomic mass is 10.1. The fraction of sp³-hybridized carbons (Fsp3) is 0.167. The SMILES string of the molecule is Cc1nn(-c2cc(C(N)=O)ccc2N)c(C)c1Br. The smallest absolute Gasteiger partial charge is 0.248 e. The van der Waals surface area contributed by atoms with Gasteiger partial charge in [-0.1, -0.05) is 0 Å². The molecule has 1 aromatic carbocycles. The molecule has 0 aliphatic carbocycles. The molecular weight excluding hydrogens is 296 g/mol. The molecule has 0 fully saturated rings. The van der Waals surface area contributed by atoms with Crippen LogP contribution in [-0.4, -0.2) is 15.7 Å². The Hall–Kier alpha value is -1.82. The third-order valence-corrected chi connectivity index (χ3v) is 3.89. The van der Waals surface area contributed by atoms with E-state index in [4.69, 9.17) is 11.5 Å². The minimum absolute atomic E-state index is 0.405. The number of rotatable bonds is 2. The molecule has 0 aliphatic heterocycles. The summed E-state index contributed by atoms with van der Waals surface area (Å²) in [6, 6.07) is 4.89. The van der Waals surface area contributed by atoms with Crippen LogP contribution < -0.4 is 11.5 Å². The monoisotopic (exact) mass is 308 g/mol. The van der Waals surface area contributed by atoms with Gasteiger partial charge in [0, 0.05) is 5.56 Å². The van der Waals surface area contributed by atoms with E-state index in [9.17, 15) is 4.79 Å². The summed E-state index contributed by atoms with van der Waals surface area (Å²) >= 11 is 3.45. The molecule has 0 saturated carbocycles. The Morgan fingerprint density at radius 1 is 1.39 bits per heavy atom. The van der Waals surface area contributed by atoms with Crippen molar-refractivity contribution in [2.24, 2.45) is 5.73 Å². The Kier molecular flexibility index (Phi) is 3.13. The van der Waals surface area contributed by atoms with E-state index in [1.54, 1.807) is 22.9 Å². The molecule has 1 aromatic heterocycles. The second-order valence-electron chi connectivity index (χ2n) is 4.03. The lowest BCUT2D eigenvalue weighted by Gasteiger charge is -2.09. The van der Waals surface area contributed by atoms with E-state index in [1.807, 2.05) is 13.8 Å². The second kappa shape index (κ2) is 4.45. The molecule has 2 aromatic rings. The average Bonchev–Trinajstić information content (AvgIpc) is 2.57. The van der Waals surface area contributed by atoms with Gasteiger partial charge in [0.05, 0.1) is 27.2 Å². The van der Waals surface area contributed by atoms with Crippen LogP contribution in [0.5, 0.6) is 0 Å². The van der Waals surface area contributed by atoms with Crippen LogP contribution in [0, 0.1) is 13.8 Å². The number of nitrogens with two attached hydrogens (primary N) is 2. The molecule has 18 heavy (non-hydrogen) atoms. The number of aryl methyl sites for hydroxylation is 1. The van der Waals surface area contributed by atoms with Gasteiger partial charge in [-0.05, 0) is 48.0 Å². The molecule has 1 heterocycles. The number of aromatic nitrogens is 2. The van der Waals surface area contributed by atoms with Crippen LogP contribution in [0.1, 0.15) is 21.7 Å². The lowest BCUT2D eigenvalue weighted by Crippen LogP contribution is -2.13. The summed E-state index contributed by atoms with van der Waals surface area (Å²) in [5.41, 5.74) is 14.6. The summed E-state index contributed by atoms with van der Waals surface area (Å²) in [7, 11) is 0. The van der Waals surface area contributed by atoms with Gasteiger partial charge in [0.15, 0.2) is 0 Å². The number of anilines is 1. The second-order valence-corrected chi connectivity index (χ2v) is 4.83. The molecule has 2 rings (SSSR count). The summed E-state index contributed by atoms with van der Waals surface area (Å²) < 4.78 is 2.62. The fourth-order valence-corrected chi connectivity index (χ4v) is 1.99. The molecule has 0 unspecified atom stereocenters. The number of primary amides is 1.